The summed E-state index contributed by atoms with van der Waals surface area (Å²) >= 11 is 6.20. The van der Waals surface area contributed by atoms with Crippen molar-refractivity contribution in [3.05, 3.63) is 53.1 Å². The van der Waals surface area contributed by atoms with Crippen LogP contribution in [0.1, 0.15) is 38.1 Å². The first-order valence-corrected chi connectivity index (χ1v) is 9.71. The number of hydrogen-bond acceptors (Lipinski definition) is 3. The largest absolute Gasteiger partial charge is 0.362 e. The molecule has 4 heteroatoms. The van der Waals surface area contributed by atoms with E-state index >= 15 is 0 Å². The molecule has 136 valence electrons. The van der Waals surface area contributed by atoms with Crippen molar-refractivity contribution in [1.82, 2.24) is 4.90 Å². The maximum Gasteiger partial charge on any atom is 0.174 e. The Hall–Kier alpha value is -1.58. The van der Waals surface area contributed by atoms with Gasteiger partial charge in [0.15, 0.2) is 5.78 Å². The van der Waals surface area contributed by atoms with Gasteiger partial charge in [-0.3, -0.25) is 4.79 Å². The van der Waals surface area contributed by atoms with E-state index in [0.29, 0.717) is 5.02 Å². The van der Waals surface area contributed by atoms with Crippen LogP contribution in [-0.4, -0.2) is 42.9 Å². The monoisotopic (exact) mass is 360 g/mol. The predicted molar refractivity (Wildman–Crippen MR) is 108 cm³/mol. The minimum absolute atomic E-state index is 0.0917. The van der Waals surface area contributed by atoms with Crippen LogP contribution in [0, 0.1) is 5.92 Å². The Balaban J connectivity index is 0.00000109. The van der Waals surface area contributed by atoms with Crippen molar-refractivity contribution in [1.29, 1.82) is 0 Å². The molecular weight excluding hydrogens is 332 g/mol. The molecule has 2 unspecified atom stereocenters. The summed E-state index contributed by atoms with van der Waals surface area (Å²) in [7, 11) is 0. The van der Waals surface area contributed by atoms with Gasteiger partial charge in [0.1, 0.15) is 0 Å². The summed E-state index contributed by atoms with van der Waals surface area (Å²) in [6, 6.07) is 5.70. The van der Waals surface area contributed by atoms with Gasteiger partial charge in [0.2, 0.25) is 0 Å². The molecule has 2 aliphatic rings. The lowest BCUT2D eigenvalue weighted by molar-refractivity contribution is 0.0927. The van der Waals surface area contributed by atoms with Gasteiger partial charge in [-0.05, 0) is 31.3 Å². The highest BCUT2D eigenvalue weighted by Crippen LogP contribution is 2.37. The topological polar surface area (TPSA) is 23.6 Å². The van der Waals surface area contributed by atoms with E-state index in [1.165, 1.54) is 0 Å². The number of Topliss-reactive ketones (excluding diaryl/α,β-unsaturated/α-hetero) is 1. The molecule has 1 aliphatic heterocycles. The molecule has 0 aromatic heterocycles. The van der Waals surface area contributed by atoms with Crippen LogP contribution < -0.4 is 4.90 Å². The third kappa shape index (κ3) is 4.16. The highest BCUT2D eigenvalue weighted by atomic mass is 35.5. The molecule has 0 saturated heterocycles. The average molecular weight is 361 g/mol. The molecule has 1 aromatic rings. The molecule has 0 bridgehead atoms. The number of likely N-dealkylation sites (N-methyl/N-ethyl adjacent to an activating group) is 1. The Kier molecular flexibility index (Phi) is 7.27. The highest BCUT2D eigenvalue weighted by molar-refractivity contribution is 6.31. The fraction of sp³-hybridized carbons (Fsp3) is 0.476. The van der Waals surface area contributed by atoms with E-state index in [-0.39, 0.29) is 17.7 Å². The Labute approximate surface area is 157 Å². The number of carbonyl (C=O) groups excluding carboxylic acids is 1. The zero-order chi connectivity index (χ0) is 18.4. The van der Waals surface area contributed by atoms with Crippen molar-refractivity contribution in [2.24, 2.45) is 5.92 Å². The van der Waals surface area contributed by atoms with Crippen LogP contribution in [0.25, 0.3) is 0 Å². The smallest absolute Gasteiger partial charge is 0.174 e. The number of benzene rings is 1. The van der Waals surface area contributed by atoms with Gasteiger partial charge in [-0.1, -0.05) is 63.6 Å². The van der Waals surface area contributed by atoms with Crippen molar-refractivity contribution in [3.8, 4) is 0 Å². The molecule has 0 fully saturated rings. The van der Waals surface area contributed by atoms with Crippen LogP contribution in [0.5, 0.6) is 0 Å². The summed E-state index contributed by atoms with van der Waals surface area (Å²) in [5, 5.41) is 0.679. The highest BCUT2D eigenvalue weighted by Gasteiger charge is 2.38. The van der Waals surface area contributed by atoms with E-state index in [4.69, 9.17) is 11.6 Å². The number of hydrogen-bond donors (Lipinski definition) is 0. The minimum atomic E-state index is -0.0922. The lowest BCUT2D eigenvalue weighted by atomic mass is 9.82. The lowest BCUT2D eigenvalue weighted by Crippen LogP contribution is -2.49. The summed E-state index contributed by atoms with van der Waals surface area (Å²) in [5.41, 5.74) is 1.76. The molecule has 0 N–H and O–H groups in total. The summed E-state index contributed by atoms with van der Waals surface area (Å²) in [6.45, 7) is 12.3. The molecule has 3 nitrogen and oxygen atoms in total. The molecule has 3 rings (SSSR count). The van der Waals surface area contributed by atoms with Crippen LogP contribution in [0.2, 0.25) is 5.02 Å². The van der Waals surface area contributed by atoms with E-state index in [1.54, 1.807) is 0 Å². The third-order valence-corrected chi connectivity index (χ3v) is 5.09. The molecule has 1 aromatic carbocycles. The van der Waals surface area contributed by atoms with Gasteiger partial charge < -0.3 is 9.80 Å². The predicted octanol–water partition coefficient (Wildman–Crippen LogP) is 4.82. The molecule has 1 heterocycles. The van der Waals surface area contributed by atoms with Gasteiger partial charge in [-0.2, -0.15) is 0 Å². The number of carbonyl (C=O) groups is 1. The van der Waals surface area contributed by atoms with Crippen LogP contribution >= 0.6 is 11.6 Å². The van der Waals surface area contributed by atoms with Crippen molar-refractivity contribution in [3.63, 3.8) is 0 Å². The van der Waals surface area contributed by atoms with E-state index in [9.17, 15) is 4.79 Å². The summed E-state index contributed by atoms with van der Waals surface area (Å²) in [4.78, 5) is 17.5. The summed E-state index contributed by atoms with van der Waals surface area (Å²) in [6.07, 6.45) is 8.17. The number of fused-ring (bicyclic) bond motifs is 2. The Bertz CT molecular complexity index is 649. The number of nitrogens with zero attached hydrogens (tertiary/aromatic N) is 2. The maximum absolute atomic E-state index is 12.8. The quantitative estimate of drug-likeness (QED) is 0.752. The molecular formula is C21H29ClN2O. The van der Waals surface area contributed by atoms with Gasteiger partial charge in [0.25, 0.3) is 0 Å². The van der Waals surface area contributed by atoms with Gasteiger partial charge >= 0.3 is 0 Å². The average Bonchev–Trinajstić information content (AvgIpc) is 2.66. The van der Waals surface area contributed by atoms with Crippen LogP contribution in [0.15, 0.2) is 42.5 Å². The molecule has 25 heavy (non-hydrogen) atoms. The van der Waals surface area contributed by atoms with Gasteiger partial charge in [0.05, 0.1) is 12.0 Å². The Morgan fingerprint density at radius 2 is 1.80 bits per heavy atom. The molecule has 0 spiro atoms. The molecule has 1 aliphatic carbocycles. The normalized spacial score (nSPS) is 20.9. The van der Waals surface area contributed by atoms with E-state index < -0.39 is 0 Å². The number of halogens is 1. The standard InChI is InChI=1S/C19H23ClN2O.C2H6/c1-3-21(4-2)11-12-22-17-8-6-5-7-15(17)19(23)16-10-9-14(20)13-18(16)22;1-2/h5-10,13,15,17H,3-4,11-12H2,1-2H3;1-2H3. The minimum Gasteiger partial charge on any atom is -0.362 e. The first-order chi connectivity index (χ1) is 12.2. The molecule has 2 atom stereocenters. The van der Waals surface area contributed by atoms with Crippen molar-refractivity contribution in [2.45, 2.75) is 33.7 Å². The van der Waals surface area contributed by atoms with E-state index in [1.807, 2.05) is 50.3 Å². The SMILES string of the molecule is CC.CCN(CC)CCN1c2cc(Cl)ccc2C(=O)C2C=CC=CC21. The Morgan fingerprint density at radius 1 is 1.12 bits per heavy atom. The van der Waals surface area contributed by atoms with Crippen LogP contribution in [-0.2, 0) is 0 Å². The third-order valence-electron chi connectivity index (χ3n) is 4.85. The van der Waals surface area contributed by atoms with Crippen molar-refractivity contribution < 1.29 is 4.79 Å². The molecule has 0 saturated carbocycles. The summed E-state index contributed by atoms with van der Waals surface area (Å²) in [5.74, 6) is 0.103. The van der Waals surface area contributed by atoms with Crippen molar-refractivity contribution in [2.75, 3.05) is 31.1 Å². The number of allylic oxidation sites excluding steroid dienone is 2. The number of ketones is 1. The zero-order valence-electron chi connectivity index (χ0n) is 15.7. The Morgan fingerprint density at radius 3 is 2.48 bits per heavy atom. The zero-order valence-corrected chi connectivity index (χ0v) is 16.5. The van der Waals surface area contributed by atoms with E-state index in [2.05, 4.69) is 29.7 Å². The second-order valence-electron chi connectivity index (χ2n) is 6.03. The first kappa shape index (κ1) is 19.7. The number of anilines is 1. The number of rotatable bonds is 5. The summed E-state index contributed by atoms with van der Waals surface area (Å²) < 4.78 is 0. The molecule has 0 amide bonds. The fourth-order valence-electron chi connectivity index (χ4n) is 3.49. The second-order valence-corrected chi connectivity index (χ2v) is 6.47. The van der Waals surface area contributed by atoms with Crippen molar-refractivity contribution >= 4 is 23.1 Å². The van der Waals surface area contributed by atoms with Crippen LogP contribution in [0.4, 0.5) is 5.69 Å². The van der Waals surface area contributed by atoms with Gasteiger partial charge in [-0.25, -0.2) is 0 Å². The maximum atomic E-state index is 12.8. The lowest BCUT2D eigenvalue weighted by Gasteiger charge is -2.42. The first-order valence-electron chi connectivity index (χ1n) is 9.33. The van der Waals surface area contributed by atoms with Crippen LogP contribution in [0.3, 0.4) is 0 Å². The van der Waals surface area contributed by atoms with Gasteiger partial charge in [0, 0.05) is 29.4 Å². The molecule has 0 radical (unpaired) electrons. The van der Waals surface area contributed by atoms with Gasteiger partial charge in [-0.15, -0.1) is 0 Å². The second kappa shape index (κ2) is 9.21. The fourth-order valence-corrected chi connectivity index (χ4v) is 3.65. The van der Waals surface area contributed by atoms with E-state index in [0.717, 1.165) is 37.4 Å².